The van der Waals surface area contributed by atoms with Crippen LogP contribution in [0.4, 0.5) is 5.82 Å². The monoisotopic (exact) mass is 309 g/mol. The lowest BCUT2D eigenvalue weighted by Crippen LogP contribution is -2.08. The molecule has 0 amide bonds. The number of anilines is 1. The van der Waals surface area contributed by atoms with E-state index in [4.69, 9.17) is 4.98 Å². The zero-order chi connectivity index (χ0) is 12.7. The molecule has 2 aliphatic rings. The number of nitrogens with one attached hydrogen (secondary N) is 1. The lowest BCUT2D eigenvalue weighted by molar-refractivity contribution is 0.676. The van der Waals surface area contributed by atoms with Crippen molar-refractivity contribution in [1.82, 2.24) is 9.97 Å². The van der Waals surface area contributed by atoms with E-state index >= 15 is 0 Å². The Kier molecular flexibility index (Phi) is 3.31. The standard InChI is InChI=1S/C14H20BrN3/c1-8-7-10(8)13-17-12(9-5-3-4-6-9)11(15)14(16-2)18-13/h8-10H,3-7H2,1-2H3,(H,16,17,18). The van der Waals surface area contributed by atoms with Crippen LogP contribution in [0.2, 0.25) is 0 Å². The van der Waals surface area contributed by atoms with Gasteiger partial charge in [0.05, 0.1) is 10.2 Å². The normalized spacial score (nSPS) is 27.5. The van der Waals surface area contributed by atoms with Crippen molar-refractivity contribution in [2.24, 2.45) is 5.92 Å². The largest absolute Gasteiger partial charge is 0.372 e. The van der Waals surface area contributed by atoms with Crippen LogP contribution in [0.25, 0.3) is 0 Å². The van der Waals surface area contributed by atoms with E-state index in [0.717, 1.165) is 22.0 Å². The van der Waals surface area contributed by atoms with Crippen molar-refractivity contribution >= 4 is 21.7 Å². The summed E-state index contributed by atoms with van der Waals surface area (Å²) < 4.78 is 1.08. The van der Waals surface area contributed by atoms with E-state index < -0.39 is 0 Å². The molecule has 0 saturated heterocycles. The molecule has 0 spiro atoms. The van der Waals surface area contributed by atoms with Crippen LogP contribution < -0.4 is 5.32 Å². The summed E-state index contributed by atoms with van der Waals surface area (Å²) >= 11 is 3.68. The van der Waals surface area contributed by atoms with Gasteiger partial charge < -0.3 is 5.32 Å². The minimum atomic E-state index is 0.588. The predicted molar refractivity (Wildman–Crippen MR) is 77.0 cm³/mol. The van der Waals surface area contributed by atoms with Crippen LogP contribution >= 0.6 is 15.9 Å². The van der Waals surface area contributed by atoms with E-state index in [1.54, 1.807) is 0 Å². The molecule has 0 radical (unpaired) electrons. The first-order chi connectivity index (χ1) is 8.70. The van der Waals surface area contributed by atoms with Crippen molar-refractivity contribution in [2.45, 2.75) is 50.9 Å². The molecule has 2 saturated carbocycles. The lowest BCUT2D eigenvalue weighted by Gasteiger charge is -2.15. The lowest BCUT2D eigenvalue weighted by atomic mass is 10.0. The first-order valence-electron chi connectivity index (χ1n) is 6.95. The molecule has 1 heterocycles. The first-order valence-corrected chi connectivity index (χ1v) is 7.75. The fourth-order valence-electron chi connectivity index (χ4n) is 2.97. The van der Waals surface area contributed by atoms with Gasteiger partial charge in [-0.1, -0.05) is 19.8 Å². The van der Waals surface area contributed by atoms with Crippen molar-refractivity contribution in [3.8, 4) is 0 Å². The molecule has 1 aromatic heterocycles. The smallest absolute Gasteiger partial charge is 0.144 e. The second-order valence-electron chi connectivity index (χ2n) is 5.68. The first kappa shape index (κ1) is 12.4. The van der Waals surface area contributed by atoms with Crippen LogP contribution in [0.5, 0.6) is 0 Å². The van der Waals surface area contributed by atoms with Crippen molar-refractivity contribution < 1.29 is 0 Å². The molecule has 4 heteroatoms. The Morgan fingerprint density at radius 1 is 1.22 bits per heavy atom. The fourth-order valence-corrected chi connectivity index (χ4v) is 3.66. The second-order valence-corrected chi connectivity index (χ2v) is 6.47. The Bertz CT molecular complexity index is 455. The van der Waals surface area contributed by atoms with Crippen molar-refractivity contribution in [3.05, 3.63) is 16.0 Å². The van der Waals surface area contributed by atoms with E-state index in [1.807, 2.05) is 7.05 Å². The van der Waals surface area contributed by atoms with Gasteiger partial charge in [-0.3, -0.25) is 0 Å². The summed E-state index contributed by atoms with van der Waals surface area (Å²) in [4.78, 5) is 9.54. The number of aromatic nitrogens is 2. The summed E-state index contributed by atoms with van der Waals surface area (Å²) in [6.45, 7) is 2.28. The van der Waals surface area contributed by atoms with E-state index in [1.165, 1.54) is 37.8 Å². The molecule has 1 N–H and O–H groups in total. The van der Waals surface area contributed by atoms with Crippen LogP contribution in [0.15, 0.2) is 4.47 Å². The average molecular weight is 310 g/mol. The zero-order valence-corrected chi connectivity index (χ0v) is 12.6. The topological polar surface area (TPSA) is 37.8 Å². The highest BCUT2D eigenvalue weighted by Gasteiger charge is 2.38. The number of nitrogens with zero attached hydrogens (tertiary/aromatic N) is 2. The molecule has 3 rings (SSSR count). The number of halogens is 1. The van der Waals surface area contributed by atoms with Crippen LogP contribution in [0, 0.1) is 5.92 Å². The number of hydrogen-bond acceptors (Lipinski definition) is 3. The van der Waals surface area contributed by atoms with E-state index in [-0.39, 0.29) is 0 Å². The van der Waals surface area contributed by atoms with Crippen LogP contribution in [0.3, 0.4) is 0 Å². The van der Waals surface area contributed by atoms with Gasteiger partial charge >= 0.3 is 0 Å². The van der Waals surface area contributed by atoms with Gasteiger partial charge in [0.25, 0.3) is 0 Å². The van der Waals surface area contributed by atoms with Gasteiger partial charge in [0.2, 0.25) is 0 Å². The molecule has 18 heavy (non-hydrogen) atoms. The van der Waals surface area contributed by atoms with Crippen LogP contribution in [-0.4, -0.2) is 17.0 Å². The SMILES string of the molecule is CNc1nc(C2CC2C)nc(C2CCCC2)c1Br. The van der Waals surface area contributed by atoms with Gasteiger partial charge in [0, 0.05) is 18.9 Å². The van der Waals surface area contributed by atoms with Gasteiger partial charge in [-0.25, -0.2) is 9.97 Å². The van der Waals surface area contributed by atoms with Crippen molar-refractivity contribution in [1.29, 1.82) is 0 Å². The van der Waals surface area contributed by atoms with Crippen LogP contribution in [-0.2, 0) is 0 Å². The number of rotatable bonds is 3. The minimum Gasteiger partial charge on any atom is -0.372 e. The third-order valence-corrected chi connectivity index (χ3v) is 5.10. The summed E-state index contributed by atoms with van der Waals surface area (Å²) in [5, 5.41) is 3.20. The fraction of sp³-hybridized carbons (Fsp3) is 0.714. The minimum absolute atomic E-state index is 0.588. The molecule has 0 aliphatic heterocycles. The van der Waals surface area contributed by atoms with Crippen molar-refractivity contribution in [3.63, 3.8) is 0 Å². The molecule has 2 atom stereocenters. The second kappa shape index (κ2) is 4.80. The molecule has 0 bridgehead atoms. The Hall–Kier alpha value is -0.640. The maximum absolute atomic E-state index is 4.88. The van der Waals surface area contributed by atoms with Gasteiger partial charge in [0.15, 0.2) is 0 Å². The predicted octanol–water partition coefficient (Wildman–Crippen LogP) is 4.06. The summed E-state index contributed by atoms with van der Waals surface area (Å²) in [5.41, 5.74) is 1.24. The quantitative estimate of drug-likeness (QED) is 0.915. The highest BCUT2D eigenvalue weighted by atomic mass is 79.9. The molecular weight excluding hydrogens is 290 g/mol. The number of hydrogen-bond donors (Lipinski definition) is 1. The van der Waals surface area contributed by atoms with Crippen molar-refractivity contribution in [2.75, 3.05) is 12.4 Å². The zero-order valence-electron chi connectivity index (χ0n) is 11.0. The maximum atomic E-state index is 4.88. The van der Waals surface area contributed by atoms with Gasteiger partial charge in [-0.2, -0.15) is 0 Å². The van der Waals surface area contributed by atoms with Gasteiger partial charge in [0.1, 0.15) is 11.6 Å². The molecule has 2 unspecified atom stereocenters. The molecule has 2 aliphatic carbocycles. The summed E-state index contributed by atoms with van der Waals surface area (Å²) in [5.74, 6) is 3.98. The molecule has 0 aromatic carbocycles. The van der Waals surface area contributed by atoms with E-state index in [0.29, 0.717) is 11.8 Å². The summed E-state index contributed by atoms with van der Waals surface area (Å²) in [6, 6.07) is 0. The third-order valence-electron chi connectivity index (χ3n) is 4.31. The maximum Gasteiger partial charge on any atom is 0.144 e. The highest BCUT2D eigenvalue weighted by Crippen LogP contribution is 2.47. The summed E-state index contributed by atoms with van der Waals surface area (Å²) in [7, 11) is 1.94. The Morgan fingerprint density at radius 3 is 2.44 bits per heavy atom. The average Bonchev–Trinajstić information content (AvgIpc) is 2.90. The molecular formula is C14H20BrN3. The van der Waals surface area contributed by atoms with Gasteiger partial charge in [-0.15, -0.1) is 0 Å². The third kappa shape index (κ3) is 2.15. The van der Waals surface area contributed by atoms with E-state index in [2.05, 4.69) is 33.2 Å². The Morgan fingerprint density at radius 2 is 1.89 bits per heavy atom. The van der Waals surface area contributed by atoms with Gasteiger partial charge in [-0.05, 0) is 41.1 Å². The van der Waals surface area contributed by atoms with E-state index in [9.17, 15) is 0 Å². The summed E-state index contributed by atoms with van der Waals surface area (Å²) in [6.07, 6.45) is 6.47. The Balaban J connectivity index is 1.99. The Labute approximate surface area is 117 Å². The molecule has 2 fully saturated rings. The molecule has 98 valence electrons. The van der Waals surface area contributed by atoms with Crippen LogP contribution in [0.1, 0.15) is 62.4 Å². The molecule has 1 aromatic rings. The molecule has 3 nitrogen and oxygen atoms in total. The highest BCUT2D eigenvalue weighted by molar-refractivity contribution is 9.10.